The summed E-state index contributed by atoms with van der Waals surface area (Å²) in [5, 5.41) is 4.64. The standard InChI is InChI=1S/C12H24N2S2/c1-10-9-16-12(14-11(10)2)13-7-5-4-6-8-15-3/h10-11H,4-9H2,1-3H3,(H,13,14). The van der Waals surface area contributed by atoms with Crippen LogP contribution >= 0.6 is 23.5 Å². The second-order valence-electron chi connectivity index (χ2n) is 4.46. The van der Waals surface area contributed by atoms with Gasteiger partial charge in [-0.2, -0.15) is 11.8 Å². The van der Waals surface area contributed by atoms with Gasteiger partial charge in [0.15, 0.2) is 5.17 Å². The average Bonchev–Trinajstić information content (AvgIpc) is 2.28. The van der Waals surface area contributed by atoms with E-state index in [9.17, 15) is 0 Å². The van der Waals surface area contributed by atoms with Crippen LogP contribution in [0.25, 0.3) is 0 Å². The lowest BCUT2D eigenvalue weighted by atomic mass is 10.1. The zero-order valence-electron chi connectivity index (χ0n) is 10.7. The minimum Gasteiger partial charge on any atom is -0.362 e. The van der Waals surface area contributed by atoms with E-state index in [1.54, 1.807) is 0 Å². The van der Waals surface area contributed by atoms with Crippen LogP contribution in [0.2, 0.25) is 0 Å². The Morgan fingerprint density at radius 3 is 2.88 bits per heavy atom. The van der Waals surface area contributed by atoms with Gasteiger partial charge in [0.05, 0.1) is 0 Å². The van der Waals surface area contributed by atoms with E-state index in [4.69, 9.17) is 0 Å². The Kier molecular flexibility index (Phi) is 7.37. The monoisotopic (exact) mass is 260 g/mol. The van der Waals surface area contributed by atoms with E-state index in [-0.39, 0.29) is 0 Å². The molecular formula is C12H24N2S2. The third-order valence-electron chi connectivity index (χ3n) is 2.95. The Bertz CT molecular complexity index is 219. The molecule has 0 radical (unpaired) electrons. The molecule has 2 unspecified atom stereocenters. The number of aliphatic imine (C=N–C) groups is 1. The predicted molar refractivity (Wildman–Crippen MR) is 78.8 cm³/mol. The minimum absolute atomic E-state index is 0.580. The van der Waals surface area contributed by atoms with Gasteiger partial charge in [0, 0.05) is 18.3 Å². The fourth-order valence-corrected chi connectivity index (χ4v) is 3.19. The molecule has 0 bridgehead atoms. The van der Waals surface area contributed by atoms with Crippen LogP contribution in [0.4, 0.5) is 0 Å². The topological polar surface area (TPSA) is 24.4 Å². The molecule has 1 aliphatic rings. The lowest BCUT2D eigenvalue weighted by molar-refractivity contribution is 0.489. The predicted octanol–water partition coefficient (Wildman–Crippen LogP) is 3.24. The van der Waals surface area contributed by atoms with Crippen molar-refractivity contribution in [1.82, 2.24) is 5.32 Å². The molecule has 2 nitrogen and oxygen atoms in total. The summed E-state index contributed by atoms with van der Waals surface area (Å²) in [4.78, 5) is 4.63. The van der Waals surface area contributed by atoms with Crippen molar-refractivity contribution in [3.63, 3.8) is 0 Å². The third kappa shape index (κ3) is 5.48. The van der Waals surface area contributed by atoms with E-state index in [1.165, 1.54) is 30.8 Å². The fraction of sp³-hybridized carbons (Fsp3) is 0.917. The van der Waals surface area contributed by atoms with Gasteiger partial charge >= 0.3 is 0 Å². The van der Waals surface area contributed by atoms with Gasteiger partial charge in [0.2, 0.25) is 0 Å². The Hall–Kier alpha value is 0.170. The van der Waals surface area contributed by atoms with Crippen molar-refractivity contribution in [2.24, 2.45) is 10.9 Å². The summed E-state index contributed by atoms with van der Waals surface area (Å²) in [7, 11) is 0. The summed E-state index contributed by atoms with van der Waals surface area (Å²) >= 11 is 3.81. The summed E-state index contributed by atoms with van der Waals surface area (Å²) in [5.74, 6) is 3.25. The molecule has 1 aliphatic heterocycles. The highest BCUT2D eigenvalue weighted by Gasteiger charge is 2.20. The molecule has 16 heavy (non-hydrogen) atoms. The minimum atomic E-state index is 0.580. The van der Waals surface area contributed by atoms with Crippen LogP contribution < -0.4 is 5.32 Å². The highest BCUT2D eigenvalue weighted by Crippen LogP contribution is 2.19. The Morgan fingerprint density at radius 2 is 2.19 bits per heavy atom. The lowest BCUT2D eigenvalue weighted by Gasteiger charge is -2.28. The average molecular weight is 260 g/mol. The highest BCUT2D eigenvalue weighted by atomic mass is 32.2. The van der Waals surface area contributed by atoms with E-state index in [2.05, 4.69) is 30.4 Å². The molecule has 0 amide bonds. The number of thioether (sulfide) groups is 2. The maximum Gasteiger partial charge on any atom is 0.156 e. The molecule has 94 valence electrons. The molecule has 0 saturated carbocycles. The number of hydrogen-bond acceptors (Lipinski definition) is 3. The summed E-state index contributed by atoms with van der Waals surface area (Å²) in [6.07, 6.45) is 6.05. The number of unbranched alkanes of at least 4 members (excludes halogenated alkanes) is 2. The highest BCUT2D eigenvalue weighted by molar-refractivity contribution is 8.13. The molecular weight excluding hydrogens is 236 g/mol. The number of hydrogen-bond donors (Lipinski definition) is 1. The summed E-state index contributed by atoms with van der Waals surface area (Å²) in [6, 6.07) is 0.580. The largest absolute Gasteiger partial charge is 0.362 e. The van der Waals surface area contributed by atoms with Gasteiger partial charge in [-0.25, -0.2) is 0 Å². The third-order valence-corrected chi connectivity index (χ3v) is 4.86. The molecule has 2 atom stereocenters. The Morgan fingerprint density at radius 1 is 1.38 bits per heavy atom. The Labute approximate surface area is 108 Å². The van der Waals surface area contributed by atoms with Crippen molar-refractivity contribution in [3.8, 4) is 0 Å². The molecule has 1 N–H and O–H groups in total. The van der Waals surface area contributed by atoms with Gasteiger partial charge < -0.3 is 5.32 Å². The van der Waals surface area contributed by atoms with Crippen LogP contribution in [-0.4, -0.2) is 35.5 Å². The fourth-order valence-electron chi connectivity index (χ4n) is 1.54. The molecule has 4 heteroatoms. The summed E-state index contributed by atoms with van der Waals surface area (Å²) in [5.41, 5.74) is 0. The number of nitrogens with one attached hydrogen (secondary N) is 1. The van der Waals surface area contributed by atoms with Crippen molar-refractivity contribution in [2.45, 2.75) is 39.2 Å². The first-order valence-electron chi connectivity index (χ1n) is 6.16. The molecule has 0 aromatic carbocycles. The van der Waals surface area contributed by atoms with E-state index >= 15 is 0 Å². The zero-order valence-corrected chi connectivity index (χ0v) is 12.3. The lowest BCUT2D eigenvalue weighted by Crippen LogP contribution is -2.41. The first-order valence-corrected chi connectivity index (χ1v) is 8.54. The number of amidine groups is 1. The van der Waals surface area contributed by atoms with Gasteiger partial charge in [0.1, 0.15) is 0 Å². The summed E-state index contributed by atoms with van der Waals surface area (Å²) < 4.78 is 0. The van der Waals surface area contributed by atoms with Crippen LogP contribution in [0.15, 0.2) is 4.99 Å². The number of nitrogens with zero attached hydrogens (tertiary/aromatic N) is 1. The first kappa shape index (κ1) is 14.2. The van der Waals surface area contributed by atoms with E-state index in [0.29, 0.717) is 6.04 Å². The van der Waals surface area contributed by atoms with E-state index in [1.807, 2.05) is 23.5 Å². The molecule has 0 aromatic heterocycles. The maximum atomic E-state index is 4.63. The molecule has 1 saturated heterocycles. The first-order chi connectivity index (χ1) is 7.74. The molecule has 0 spiro atoms. The SMILES string of the molecule is CSCCCCCN=C1NC(C)C(C)CS1. The van der Waals surface area contributed by atoms with E-state index < -0.39 is 0 Å². The van der Waals surface area contributed by atoms with Crippen LogP contribution in [0.3, 0.4) is 0 Å². The number of rotatable bonds is 6. The molecule has 0 aromatic rings. The van der Waals surface area contributed by atoms with Gasteiger partial charge in [-0.15, -0.1) is 0 Å². The van der Waals surface area contributed by atoms with Gasteiger partial charge in [-0.1, -0.05) is 25.1 Å². The van der Waals surface area contributed by atoms with Crippen molar-refractivity contribution >= 4 is 28.7 Å². The van der Waals surface area contributed by atoms with Crippen molar-refractivity contribution in [3.05, 3.63) is 0 Å². The van der Waals surface area contributed by atoms with Crippen LogP contribution in [-0.2, 0) is 0 Å². The molecule has 0 aliphatic carbocycles. The van der Waals surface area contributed by atoms with Crippen LogP contribution in [0.1, 0.15) is 33.1 Å². The quantitative estimate of drug-likeness (QED) is 0.742. The maximum absolute atomic E-state index is 4.63. The van der Waals surface area contributed by atoms with Crippen molar-refractivity contribution in [1.29, 1.82) is 0 Å². The molecule has 1 fully saturated rings. The van der Waals surface area contributed by atoms with Crippen molar-refractivity contribution in [2.75, 3.05) is 24.3 Å². The normalized spacial score (nSPS) is 28.1. The molecule has 1 heterocycles. The van der Waals surface area contributed by atoms with Gasteiger partial charge in [-0.3, -0.25) is 4.99 Å². The zero-order chi connectivity index (χ0) is 11.8. The summed E-state index contributed by atoms with van der Waals surface area (Å²) in [6.45, 7) is 5.53. The molecule has 1 rings (SSSR count). The smallest absolute Gasteiger partial charge is 0.156 e. The second kappa shape index (κ2) is 8.29. The van der Waals surface area contributed by atoms with E-state index in [0.717, 1.165) is 17.6 Å². The van der Waals surface area contributed by atoms with Gasteiger partial charge in [0.25, 0.3) is 0 Å². The van der Waals surface area contributed by atoms with Crippen molar-refractivity contribution < 1.29 is 0 Å². The van der Waals surface area contributed by atoms with Gasteiger partial charge in [-0.05, 0) is 37.7 Å². The van der Waals surface area contributed by atoms with Crippen LogP contribution in [0.5, 0.6) is 0 Å². The van der Waals surface area contributed by atoms with Crippen LogP contribution in [0, 0.1) is 5.92 Å². The second-order valence-corrected chi connectivity index (χ2v) is 6.46. The Balaban J connectivity index is 2.10.